The summed E-state index contributed by atoms with van der Waals surface area (Å²) in [4.78, 5) is 0. The number of halogens is 1. The monoisotopic (exact) mass is 285 g/mol. The molecule has 2 rings (SSSR count). The molecule has 0 amide bonds. The molecule has 0 saturated carbocycles. The first-order chi connectivity index (χ1) is 7.74. The van der Waals surface area contributed by atoms with Crippen molar-refractivity contribution in [1.82, 2.24) is 0 Å². The fourth-order valence-corrected chi connectivity index (χ4v) is 2.34. The predicted molar refractivity (Wildman–Crippen MR) is 67.6 cm³/mol. The van der Waals surface area contributed by atoms with Crippen LogP contribution in [0.15, 0.2) is 22.7 Å². The number of anilines is 1. The van der Waals surface area contributed by atoms with E-state index in [1.54, 1.807) is 0 Å². The zero-order valence-corrected chi connectivity index (χ0v) is 10.7. The Morgan fingerprint density at radius 3 is 3.00 bits per heavy atom. The molecule has 88 valence electrons. The van der Waals surface area contributed by atoms with Crippen LogP contribution in [0.1, 0.15) is 19.3 Å². The minimum Gasteiger partial charge on any atom is -0.493 e. The number of nitrogen functional groups attached to an aromatic ring is 1. The second-order valence-corrected chi connectivity index (χ2v) is 4.91. The molecule has 2 N–H and O–H groups in total. The molecule has 1 aromatic rings. The van der Waals surface area contributed by atoms with E-state index in [0.29, 0.717) is 18.4 Å². The van der Waals surface area contributed by atoms with Gasteiger partial charge in [-0.3, -0.25) is 0 Å². The first kappa shape index (κ1) is 11.7. The van der Waals surface area contributed by atoms with E-state index in [1.165, 1.54) is 6.42 Å². The Hall–Kier alpha value is -0.740. The minimum atomic E-state index is 0.379. The van der Waals surface area contributed by atoms with Gasteiger partial charge in [0.15, 0.2) is 0 Å². The molecule has 1 aromatic carbocycles. The lowest BCUT2D eigenvalue weighted by molar-refractivity contribution is 0.0903. The fourth-order valence-electron chi connectivity index (χ4n) is 1.85. The molecule has 0 aliphatic carbocycles. The molecule has 16 heavy (non-hydrogen) atoms. The van der Waals surface area contributed by atoms with Crippen LogP contribution < -0.4 is 10.5 Å². The Morgan fingerprint density at radius 2 is 2.31 bits per heavy atom. The first-order valence-electron chi connectivity index (χ1n) is 5.54. The van der Waals surface area contributed by atoms with Crippen LogP contribution in [0.5, 0.6) is 5.75 Å². The molecular weight excluding hydrogens is 270 g/mol. The molecule has 1 unspecified atom stereocenters. The van der Waals surface area contributed by atoms with Gasteiger partial charge in [-0.1, -0.05) is 15.9 Å². The standard InChI is InChI=1S/C12H16BrNO2/c13-9-6-10(14)8-12(7-9)16-5-3-11-2-1-4-15-11/h6-8,11H,1-5,14H2. The van der Waals surface area contributed by atoms with Crippen LogP contribution >= 0.6 is 15.9 Å². The Labute approximate surface area is 104 Å². The van der Waals surface area contributed by atoms with Crippen LogP contribution in [-0.2, 0) is 4.74 Å². The van der Waals surface area contributed by atoms with Crippen LogP contribution in [0.4, 0.5) is 5.69 Å². The van der Waals surface area contributed by atoms with E-state index in [9.17, 15) is 0 Å². The highest BCUT2D eigenvalue weighted by Gasteiger charge is 2.14. The molecule has 0 radical (unpaired) electrons. The number of nitrogens with two attached hydrogens (primary N) is 1. The van der Waals surface area contributed by atoms with Gasteiger partial charge >= 0.3 is 0 Å². The fraction of sp³-hybridized carbons (Fsp3) is 0.500. The average Bonchev–Trinajstić information content (AvgIpc) is 2.69. The van der Waals surface area contributed by atoms with Crippen molar-refractivity contribution in [3.63, 3.8) is 0 Å². The molecule has 0 spiro atoms. The number of hydrogen-bond donors (Lipinski definition) is 1. The maximum absolute atomic E-state index is 5.72. The van der Waals surface area contributed by atoms with Gasteiger partial charge in [0.05, 0.1) is 12.7 Å². The third-order valence-corrected chi connectivity index (χ3v) is 3.08. The first-order valence-corrected chi connectivity index (χ1v) is 6.34. The highest BCUT2D eigenvalue weighted by atomic mass is 79.9. The summed E-state index contributed by atoms with van der Waals surface area (Å²) in [7, 11) is 0. The maximum atomic E-state index is 5.72. The van der Waals surface area contributed by atoms with Gasteiger partial charge < -0.3 is 15.2 Å². The van der Waals surface area contributed by atoms with Gasteiger partial charge in [0.2, 0.25) is 0 Å². The van der Waals surface area contributed by atoms with Crippen molar-refractivity contribution in [2.45, 2.75) is 25.4 Å². The second kappa shape index (κ2) is 5.55. The van der Waals surface area contributed by atoms with Gasteiger partial charge in [-0.2, -0.15) is 0 Å². The SMILES string of the molecule is Nc1cc(Br)cc(OCCC2CCCO2)c1. The van der Waals surface area contributed by atoms with Gasteiger partial charge in [0.25, 0.3) is 0 Å². The second-order valence-electron chi connectivity index (χ2n) is 3.99. The maximum Gasteiger partial charge on any atom is 0.122 e. The molecule has 1 aliphatic rings. The van der Waals surface area contributed by atoms with Crippen LogP contribution in [-0.4, -0.2) is 19.3 Å². The molecule has 0 bridgehead atoms. The van der Waals surface area contributed by atoms with Crippen LogP contribution in [0.25, 0.3) is 0 Å². The quantitative estimate of drug-likeness (QED) is 0.865. The van der Waals surface area contributed by atoms with Gasteiger partial charge in [-0.15, -0.1) is 0 Å². The topological polar surface area (TPSA) is 44.5 Å². The zero-order valence-electron chi connectivity index (χ0n) is 9.12. The van der Waals surface area contributed by atoms with Crippen LogP contribution in [0.2, 0.25) is 0 Å². The normalized spacial score (nSPS) is 19.9. The van der Waals surface area contributed by atoms with Crippen molar-refractivity contribution < 1.29 is 9.47 Å². The van der Waals surface area contributed by atoms with Gasteiger partial charge in [-0.25, -0.2) is 0 Å². The van der Waals surface area contributed by atoms with Crippen molar-refractivity contribution in [2.75, 3.05) is 18.9 Å². The summed E-state index contributed by atoms with van der Waals surface area (Å²) in [6.07, 6.45) is 3.66. The number of hydrogen-bond acceptors (Lipinski definition) is 3. The largest absolute Gasteiger partial charge is 0.493 e. The van der Waals surface area contributed by atoms with E-state index < -0.39 is 0 Å². The van der Waals surface area contributed by atoms with E-state index in [-0.39, 0.29) is 0 Å². The van der Waals surface area contributed by atoms with E-state index in [1.807, 2.05) is 18.2 Å². The highest BCUT2D eigenvalue weighted by molar-refractivity contribution is 9.10. The van der Waals surface area contributed by atoms with Crippen LogP contribution in [0, 0.1) is 0 Å². The van der Waals surface area contributed by atoms with Crippen molar-refractivity contribution in [3.05, 3.63) is 22.7 Å². The molecule has 3 nitrogen and oxygen atoms in total. The smallest absolute Gasteiger partial charge is 0.122 e. The van der Waals surface area contributed by atoms with Crippen molar-refractivity contribution in [1.29, 1.82) is 0 Å². The van der Waals surface area contributed by atoms with Gasteiger partial charge in [-0.05, 0) is 25.0 Å². The molecule has 0 aromatic heterocycles. The Bertz CT molecular complexity index is 331. The Morgan fingerprint density at radius 1 is 1.44 bits per heavy atom. The van der Waals surface area contributed by atoms with Crippen molar-refractivity contribution >= 4 is 21.6 Å². The molecule has 1 fully saturated rings. The lowest BCUT2D eigenvalue weighted by Crippen LogP contribution is -2.10. The lowest BCUT2D eigenvalue weighted by Gasteiger charge is -2.11. The number of rotatable bonds is 4. The summed E-state index contributed by atoms with van der Waals surface area (Å²) < 4.78 is 12.1. The summed E-state index contributed by atoms with van der Waals surface area (Å²) >= 11 is 3.39. The number of ether oxygens (including phenoxy) is 2. The van der Waals surface area contributed by atoms with E-state index in [2.05, 4.69) is 15.9 Å². The summed E-state index contributed by atoms with van der Waals surface area (Å²) in [6, 6.07) is 5.61. The lowest BCUT2D eigenvalue weighted by atomic mass is 10.2. The van der Waals surface area contributed by atoms with Gasteiger partial charge in [0.1, 0.15) is 5.75 Å². The van der Waals surface area contributed by atoms with E-state index in [4.69, 9.17) is 15.2 Å². The minimum absolute atomic E-state index is 0.379. The molecule has 1 atom stereocenters. The Balaban J connectivity index is 1.80. The summed E-state index contributed by atoms with van der Waals surface area (Å²) in [5, 5.41) is 0. The van der Waals surface area contributed by atoms with Gasteiger partial charge in [0, 0.05) is 29.3 Å². The molecule has 4 heteroatoms. The predicted octanol–water partition coefficient (Wildman–Crippen LogP) is 2.98. The summed E-state index contributed by atoms with van der Waals surface area (Å²) in [5.41, 5.74) is 6.43. The Kier molecular flexibility index (Phi) is 4.07. The highest BCUT2D eigenvalue weighted by Crippen LogP contribution is 2.23. The third kappa shape index (κ3) is 3.39. The molecule has 1 aliphatic heterocycles. The van der Waals surface area contributed by atoms with E-state index >= 15 is 0 Å². The zero-order chi connectivity index (χ0) is 11.4. The molecular formula is C12H16BrNO2. The van der Waals surface area contributed by atoms with E-state index in [0.717, 1.165) is 29.7 Å². The van der Waals surface area contributed by atoms with Crippen molar-refractivity contribution in [3.8, 4) is 5.75 Å². The van der Waals surface area contributed by atoms with Crippen molar-refractivity contribution in [2.24, 2.45) is 0 Å². The average molecular weight is 286 g/mol. The summed E-state index contributed by atoms with van der Waals surface area (Å²) in [5.74, 6) is 0.810. The third-order valence-electron chi connectivity index (χ3n) is 2.63. The molecule has 1 heterocycles. The molecule has 1 saturated heterocycles. The number of benzene rings is 1. The summed E-state index contributed by atoms with van der Waals surface area (Å²) in [6.45, 7) is 1.58. The van der Waals surface area contributed by atoms with Crippen LogP contribution in [0.3, 0.4) is 0 Å².